The molecule has 5 heterocycles. The van der Waals surface area contributed by atoms with Crippen LogP contribution in [0, 0.1) is 17.7 Å². The average molecular weight is 1150 g/mol. The van der Waals surface area contributed by atoms with Gasteiger partial charge in [-0.15, -0.1) is 0 Å². The van der Waals surface area contributed by atoms with Crippen molar-refractivity contribution in [1.82, 2.24) is 39.5 Å². The normalized spacial score (nSPS) is 15.8. The second kappa shape index (κ2) is 26.8. The topological polar surface area (TPSA) is 207 Å². The van der Waals surface area contributed by atoms with Gasteiger partial charge in [-0.1, -0.05) is 12.1 Å². The summed E-state index contributed by atoms with van der Waals surface area (Å²) in [5.41, 5.74) is 0.240. The molecule has 2 aliphatic rings. The van der Waals surface area contributed by atoms with E-state index < -0.39 is 53.4 Å². The molecule has 2 aliphatic heterocycles. The van der Waals surface area contributed by atoms with Gasteiger partial charge in [0.05, 0.1) is 60.8 Å². The Hall–Kier alpha value is -9.21. The summed E-state index contributed by atoms with van der Waals surface area (Å²) in [6, 6.07) is 28.2. The minimum absolute atomic E-state index is 0.0599. The highest BCUT2D eigenvalue weighted by Gasteiger charge is 2.43. The third-order valence-corrected chi connectivity index (χ3v) is 15.0. The first-order valence-electron chi connectivity index (χ1n) is 27.7. The molecule has 2 N–H and O–H groups in total. The number of carbonyl (C=O) groups is 5. The molecule has 2 fully saturated rings. The van der Waals surface area contributed by atoms with E-state index in [1.165, 1.54) is 15.7 Å². The molecule has 0 spiro atoms. The van der Waals surface area contributed by atoms with E-state index in [9.17, 15) is 46.3 Å². The van der Waals surface area contributed by atoms with Gasteiger partial charge in [0.15, 0.2) is 5.65 Å². The Bertz CT molecular complexity index is 3530. The predicted octanol–water partition coefficient (Wildman–Crippen LogP) is 8.93. The van der Waals surface area contributed by atoms with E-state index in [0.29, 0.717) is 85.3 Å². The summed E-state index contributed by atoms with van der Waals surface area (Å²) in [7, 11) is 1.69. The zero-order chi connectivity index (χ0) is 59.5. The second-order valence-electron chi connectivity index (χ2n) is 20.6. The highest BCUT2D eigenvalue weighted by Crippen LogP contribution is 2.37. The number of carbonyl (C=O) groups excluding carboxylic acids is 5. The molecule has 5 amide bonds. The summed E-state index contributed by atoms with van der Waals surface area (Å²) < 4.78 is 74.5. The summed E-state index contributed by atoms with van der Waals surface area (Å²) in [4.78, 5) is 99.1. The maximum absolute atomic E-state index is 14.5. The standard InChI is InChI=1S/C62H63F4N9O9/c1-4-82-46-18-16-45(17-19-46)75-58(71-57-49(61(75)81)9-6-28-68-57)39(2)74(55(78)35-41-11-24-52(63)51(34-41)62(64,65)66)38-40-25-30-73(31-26-40)60(80)42-12-14-44(15-13-42)70-53(76)10-7-32-83-47-20-22-48(23-21-47)84-33-29-69-59(79)50-36-54(77)72(3)56(50)43-8-5-27-67-37-43/h5-6,8-9,11-24,27-28,34,37,39-40,50,56H,4,7,10,25-26,29-33,35-36,38H2,1-3H3,(H,69,79)(H,70,76)/t39-,50+,56-/m1/s1. The number of alkyl halides is 3. The van der Waals surface area contributed by atoms with Crippen molar-refractivity contribution in [3.8, 4) is 22.9 Å². The van der Waals surface area contributed by atoms with Crippen molar-refractivity contribution < 1.29 is 55.7 Å². The monoisotopic (exact) mass is 1150 g/mol. The Balaban J connectivity index is 0.757. The van der Waals surface area contributed by atoms with Gasteiger partial charge in [-0.2, -0.15) is 13.2 Å². The van der Waals surface area contributed by atoms with Crippen LogP contribution in [0.15, 0.2) is 139 Å². The smallest absolute Gasteiger partial charge is 0.419 e. The minimum atomic E-state index is -5.00. The third kappa shape index (κ3) is 14.3. The number of halogens is 4. The number of rotatable bonds is 22. The Morgan fingerprint density at radius 2 is 1.51 bits per heavy atom. The lowest BCUT2D eigenvalue weighted by atomic mass is 9.94. The molecule has 3 aromatic heterocycles. The largest absolute Gasteiger partial charge is 0.494 e. The molecule has 7 aromatic rings. The fourth-order valence-corrected chi connectivity index (χ4v) is 10.6. The van der Waals surface area contributed by atoms with Crippen LogP contribution >= 0.6 is 0 Å². The molecular formula is C62H63F4N9O9. The van der Waals surface area contributed by atoms with E-state index >= 15 is 0 Å². The number of hydrogen-bond acceptors (Lipinski definition) is 12. The van der Waals surface area contributed by atoms with Gasteiger partial charge in [0.25, 0.3) is 11.5 Å². The molecule has 0 bridgehead atoms. The highest BCUT2D eigenvalue weighted by molar-refractivity contribution is 5.96. The van der Waals surface area contributed by atoms with Gasteiger partial charge in [-0.3, -0.25) is 38.3 Å². The molecule has 18 nitrogen and oxygen atoms in total. The summed E-state index contributed by atoms with van der Waals surface area (Å²) in [6.07, 6.45) is 0.891. The first kappa shape index (κ1) is 59.4. The molecule has 438 valence electrons. The molecule has 0 aliphatic carbocycles. The van der Waals surface area contributed by atoms with E-state index in [1.54, 1.807) is 127 Å². The average Bonchev–Trinajstić information content (AvgIpc) is 1.42. The zero-order valence-corrected chi connectivity index (χ0v) is 46.5. The van der Waals surface area contributed by atoms with E-state index in [-0.39, 0.29) is 91.1 Å². The predicted molar refractivity (Wildman–Crippen MR) is 303 cm³/mol. The van der Waals surface area contributed by atoms with Gasteiger partial charge in [0.1, 0.15) is 35.5 Å². The van der Waals surface area contributed by atoms with Gasteiger partial charge >= 0.3 is 6.18 Å². The number of likely N-dealkylation sites (tertiary alicyclic amines) is 2. The number of hydrogen-bond donors (Lipinski definition) is 2. The van der Waals surface area contributed by atoms with Crippen LogP contribution in [0.25, 0.3) is 16.7 Å². The van der Waals surface area contributed by atoms with Crippen LogP contribution in [-0.4, -0.2) is 117 Å². The quantitative estimate of drug-likeness (QED) is 0.0482. The lowest BCUT2D eigenvalue weighted by Crippen LogP contribution is -2.45. The molecule has 0 saturated carbocycles. The Morgan fingerprint density at radius 1 is 0.833 bits per heavy atom. The highest BCUT2D eigenvalue weighted by atomic mass is 19.4. The van der Waals surface area contributed by atoms with Crippen molar-refractivity contribution in [3.63, 3.8) is 0 Å². The summed E-state index contributed by atoms with van der Waals surface area (Å²) in [5, 5.41) is 5.95. The zero-order valence-electron chi connectivity index (χ0n) is 46.5. The molecule has 0 unspecified atom stereocenters. The van der Waals surface area contributed by atoms with Crippen LogP contribution in [0.3, 0.4) is 0 Å². The Kier molecular flexibility index (Phi) is 19.0. The lowest BCUT2D eigenvalue weighted by Gasteiger charge is -2.37. The second-order valence-corrected chi connectivity index (χ2v) is 20.6. The van der Waals surface area contributed by atoms with Gasteiger partial charge in [-0.25, -0.2) is 14.4 Å². The SMILES string of the molecule is CCOc1ccc(-n2c([C@@H](C)N(CC3CCN(C(=O)c4ccc(NC(=O)CCCOc5ccc(OCCNC(=O)[C@H]6CC(=O)N(C)[C@@H]6c6cccnc6)cc5)cc4)CC3)C(=O)Cc3ccc(F)c(C(F)(F)F)c3)nc3ncccc3c2=O)cc1. The number of nitrogens with zero attached hydrogens (tertiary/aromatic N) is 7. The van der Waals surface area contributed by atoms with E-state index in [0.717, 1.165) is 11.6 Å². The summed E-state index contributed by atoms with van der Waals surface area (Å²) in [5.74, 6) is -1.75. The Morgan fingerprint density at radius 3 is 2.19 bits per heavy atom. The molecule has 0 radical (unpaired) electrons. The van der Waals surface area contributed by atoms with Crippen LogP contribution in [0.4, 0.5) is 23.2 Å². The van der Waals surface area contributed by atoms with E-state index in [2.05, 4.69) is 20.6 Å². The van der Waals surface area contributed by atoms with Gasteiger partial charge in [-0.05, 0) is 153 Å². The molecule has 22 heteroatoms. The maximum atomic E-state index is 14.5. The molecule has 2 saturated heterocycles. The first-order chi connectivity index (χ1) is 40.4. The van der Waals surface area contributed by atoms with Gasteiger partial charge < -0.3 is 39.5 Å². The number of aromatic nitrogens is 4. The molecular weight excluding hydrogens is 1090 g/mol. The number of pyridine rings is 2. The van der Waals surface area contributed by atoms with Crippen molar-refractivity contribution in [1.29, 1.82) is 0 Å². The van der Waals surface area contributed by atoms with Crippen LogP contribution in [0.2, 0.25) is 0 Å². The summed E-state index contributed by atoms with van der Waals surface area (Å²) in [6.45, 7) is 5.38. The number of piperidine rings is 1. The third-order valence-electron chi connectivity index (χ3n) is 15.0. The van der Waals surface area contributed by atoms with Crippen LogP contribution in [-0.2, 0) is 31.8 Å². The van der Waals surface area contributed by atoms with Crippen LogP contribution < -0.4 is 30.4 Å². The van der Waals surface area contributed by atoms with Crippen molar-refractivity contribution in [3.05, 3.63) is 178 Å². The molecule has 84 heavy (non-hydrogen) atoms. The molecule has 3 atom stereocenters. The van der Waals surface area contributed by atoms with Crippen molar-refractivity contribution in [2.24, 2.45) is 11.8 Å². The van der Waals surface area contributed by atoms with Gasteiger partial charge in [0, 0.05) is 69.4 Å². The summed E-state index contributed by atoms with van der Waals surface area (Å²) >= 11 is 0. The number of anilines is 1. The fourth-order valence-electron chi connectivity index (χ4n) is 10.6. The number of amides is 5. The number of fused-ring (bicyclic) bond motifs is 1. The lowest BCUT2D eigenvalue weighted by molar-refractivity contribution is -0.140. The molecule has 4 aromatic carbocycles. The minimum Gasteiger partial charge on any atom is -0.494 e. The number of benzene rings is 4. The van der Waals surface area contributed by atoms with Crippen molar-refractivity contribution in [2.45, 2.75) is 70.6 Å². The van der Waals surface area contributed by atoms with E-state index in [1.807, 2.05) is 13.0 Å². The van der Waals surface area contributed by atoms with Gasteiger partial charge in [0.2, 0.25) is 23.6 Å². The van der Waals surface area contributed by atoms with E-state index in [4.69, 9.17) is 19.2 Å². The van der Waals surface area contributed by atoms with Crippen LogP contribution in [0.5, 0.6) is 17.2 Å². The Labute approximate surface area is 481 Å². The number of nitrogens with one attached hydrogen (secondary N) is 2. The first-order valence-corrected chi connectivity index (χ1v) is 27.7. The van der Waals surface area contributed by atoms with Crippen LogP contribution in [0.1, 0.15) is 90.9 Å². The van der Waals surface area contributed by atoms with Crippen molar-refractivity contribution in [2.75, 3.05) is 58.4 Å². The number of ether oxygens (including phenoxy) is 3. The maximum Gasteiger partial charge on any atom is 0.419 e. The van der Waals surface area contributed by atoms with Crippen molar-refractivity contribution >= 4 is 46.3 Å². The molecule has 9 rings (SSSR count). The fraction of sp³-hybridized carbons (Fsp3) is 0.339.